The van der Waals surface area contributed by atoms with E-state index in [0.717, 1.165) is 24.6 Å². The fraction of sp³-hybridized carbons (Fsp3) is 0.692. The molecule has 1 unspecified atom stereocenters. The van der Waals surface area contributed by atoms with E-state index in [1.165, 1.54) is 25.8 Å². The fourth-order valence-electron chi connectivity index (χ4n) is 2.37. The monoisotopic (exact) mass is 222 g/mol. The van der Waals surface area contributed by atoms with Crippen molar-refractivity contribution < 1.29 is 4.42 Å². The third-order valence-corrected chi connectivity index (χ3v) is 3.37. The van der Waals surface area contributed by atoms with Crippen molar-refractivity contribution in [3.8, 4) is 0 Å². The zero-order valence-electron chi connectivity index (χ0n) is 10.3. The number of hydrogen-bond donors (Lipinski definition) is 1. The second-order valence-corrected chi connectivity index (χ2v) is 4.71. The molecule has 1 fully saturated rings. The van der Waals surface area contributed by atoms with Crippen LogP contribution >= 0.6 is 0 Å². The normalized spacial score (nSPS) is 22.5. The number of hydrogen-bond acceptors (Lipinski definition) is 3. The van der Waals surface area contributed by atoms with Gasteiger partial charge in [0.1, 0.15) is 11.5 Å². The summed E-state index contributed by atoms with van der Waals surface area (Å²) in [6.07, 6.45) is 4.03. The number of nitrogens with one attached hydrogen (secondary N) is 1. The second-order valence-electron chi connectivity index (χ2n) is 4.71. The van der Waals surface area contributed by atoms with Crippen LogP contribution in [0.1, 0.15) is 37.7 Å². The van der Waals surface area contributed by atoms with Crippen molar-refractivity contribution in [2.24, 2.45) is 0 Å². The Morgan fingerprint density at radius 1 is 1.38 bits per heavy atom. The summed E-state index contributed by atoms with van der Waals surface area (Å²) in [4.78, 5) is 2.52. The molecule has 1 aliphatic heterocycles. The lowest BCUT2D eigenvalue weighted by Gasteiger charge is -2.32. The first-order valence-electron chi connectivity index (χ1n) is 6.26. The molecule has 0 spiro atoms. The van der Waals surface area contributed by atoms with Crippen LogP contribution in [0.5, 0.6) is 0 Å². The van der Waals surface area contributed by atoms with E-state index in [1.54, 1.807) is 0 Å². The Balaban J connectivity index is 1.91. The molecule has 2 rings (SSSR count). The number of piperidine rings is 1. The van der Waals surface area contributed by atoms with Crippen molar-refractivity contribution >= 4 is 0 Å². The van der Waals surface area contributed by atoms with Crippen LogP contribution in [-0.2, 0) is 13.1 Å². The van der Waals surface area contributed by atoms with Crippen LogP contribution in [-0.4, -0.2) is 24.5 Å². The van der Waals surface area contributed by atoms with Gasteiger partial charge >= 0.3 is 0 Å². The molecule has 16 heavy (non-hydrogen) atoms. The Kier molecular flexibility index (Phi) is 4.02. The third kappa shape index (κ3) is 2.86. The Morgan fingerprint density at radius 3 is 2.94 bits per heavy atom. The highest BCUT2D eigenvalue weighted by molar-refractivity contribution is 5.07. The molecule has 1 atom stereocenters. The molecule has 0 radical (unpaired) electrons. The van der Waals surface area contributed by atoms with Gasteiger partial charge < -0.3 is 9.73 Å². The maximum atomic E-state index is 5.77. The summed E-state index contributed by atoms with van der Waals surface area (Å²) in [7, 11) is 1.94. The lowest BCUT2D eigenvalue weighted by molar-refractivity contribution is 0.141. The van der Waals surface area contributed by atoms with Crippen molar-refractivity contribution in [3.63, 3.8) is 0 Å². The number of furan rings is 1. The largest absolute Gasteiger partial charge is 0.463 e. The lowest BCUT2D eigenvalue weighted by Crippen LogP contribution is -2.36. The molecule has 1 aromatic heterocycles. The molecule has 0 aliphatic carbocycles. The van der Waals surface area contributed by atoms with E-state index in [9.17, 15) is 0 Å². The molecular formula is C13H22N2O. The van der Waals surface area contributed by atoms with Crippen LogP contribution in [0.3, 0.4) is 0 Å². The Bertz CT molecular complexity index is 321. The van der Waals surface area contributed by atoms with Crippen molar-refractivity contribution in [2.45, 2.75) is 45.3 Å². The van der Waals surface area contributed by atoms with E-state index in [-0.39, 0.29) is 0 Å². The quantitative estimate of drug-likeness (QED) is 0.848. The third-order valence-electron chi connectivity index (χ3n) is 3.37. The summed E-state index contributed by atoms with van der Waals surface area (Å²) < 4.78 is 5.77. The van der Waals surface area contributed by atoms with Crippen molar-refractivity contribution in [3.05, 3.63) is 23.7 Å². The van der Waals surface area contributed by atoms with E-state index in [4.69, 9.17) is 4.42 Å². The smallest absolute Gasteiger partial charge is 0.118 e. The first-order chi connectivity index (χ1) is 7.79. The lowest BCUT2D eigenvalue weighted by atomic mass is 10.0. The molecule has 0 bridgehead atoms. The molecule has 1 saturated heterocycles. The highest BCUT2D eigenvalue weighted by atomic mass is 16.3. The zero-order valence-corrected chi connectivity index (χ0v) is 10.3. The molecule has 2 heterocycles. The maximum Gasteiger partial charge on any atom is 0.118 e. The number of likely N-dealkylation sites (tertiary alicyclic amines) is 1. The van der Waals surface area contributed by atoms with Gasteiger partial charge in [-0.3, -0.25) is 4.90 Å². The predicted molar refractivity (Wildman–Crippen MR) is 65.2 cm³/mol. The molecule has 90 valence electrons. The molecule has 0 saturated carbocycles. The average molecular weight is 222 g/mol. The minimum Gasteiger partial charge on any atom is -0.463 e. The zero-order chi connectivity index (χ0) is 11.4. The Morgan fingerprint density at radius 2 is 2.19 bits per heavy atom. The summed E-state index contributed by atoms with van der Waals surface area (Å²) >= 11 is 0. The van der Waals surface area contributed by atoms with Gasteiger partial charge in [-0.1, -0.05) is 6.42 Å². The van der Waals surface area contributed by atoms with Crippen LogP contribution < -0.4 is 5.32 Å². The maximum absolute atomic E-state index is 5.77. The van der Waals surface area contributed by atoms with E-state index >= 15 is 0 Å². The van der Waals surface area contributed by atoms with Gasteiger partial charge in [0, 0.05) is 6.04 Å². The van der Waals surface area contributed by atoms with E-state index < -0.39 is 0 Å². The van der Waals surface area contributed by atoms with Gasteiger partial charge in [-0.15, -0.1) is 0 Å². The van der Waals surface area contributed by atoms with Gasteiger partial charge in [0.15, 0.2) is 0 Å². The highest BCUT2D eigenvalue weighted by Crippen LogP contribution is 2.20. The molecular weight excluding hydrogens is 200 g/mol. The SMILES string of the molecule is CNCc1ccc(CN2CCCCC2C)o1. The summed E-state index contributed by atoms with van der Waals surface area (Å²) in [5.41, 5.74) is 0. The van der Waals surface area contributed by atoms with Gasteiger partial charge in [0.05, 0.1) is 13.1 Å². The van der Waals surface area contributed by atoms with Crippen LogP contribution in [0.15, 0.2) is 16.5 Å². The van der Waals surface area contributed by atoms with E-state index in [0.29, 0.717) is 6.04 Å². The van der Waals surface area contributed by atoms with Crippen LogP contribution in [0.25, 0.3) is 0 Å². The molecule has 3 nitrogen and oxygen atoms in total. The molecule has 0 aromatic carbocycles. The molecule has 1 N–H and O–H groups in total. The average Bonchev–Trinajstić information content (AvgIpc) is 2.70. The first-order valence-corrected chi connectivity index (χ1v) is 6.26. The number of nitrogens with zero attached hydrogens (tertiary/aromatic N) is 1. The van der Waals surface area contributed by atoms with Gasteiger partial charge in [0.2, 0.25) is 0 Å². The van der Waals surface area contributed by atoms with Crippen LogP contribution in [0.4, 0.5) is 0 Å². The standard InChI is InChI=1S/C13H22N2O/c1-11-5-3-4-8-15(11)10-13-7-6-12(16-13)9-14-2/h6-7,11,14H,3-5,8-10H2,1-2H3. The van der Waals surface area contributed by atoms with Crippen molar-refractivity contribution in [1.29, 1.82) is 0 Å². The van der Waals surface area contributed by atoms with Crippen molar-refractivity contribution in [1.82, 2.24) is 10.2 Å². The molecule has 0 amide bonds. The summed E-state index contributed by atoms with van der Waals surface area (Å²) in [5, 5.41) is 3.10. The molecule has 1 aromatic rings. The molecule has 1 aliphatic rings. The molecule has 3 heteroatoms. The summed E-state index contributed by atoms with van der Waals surface area (Å²) in [6.45, 7) is 5.31. The Hall–Kier alpha value is -0.800. The fourth-order valence-corrected chi connectivity index (χ4v) is 2.37. The first kappa shape index (κ1) is 11.7. The predicted octanol–water partition coefficient (Wildman–Crippen LogP) is 2.37. The summed E-state index contributed by atoms with van der Waals surface area (Å²) in [5.74, 6) is 2.13. The summed E-state index contributed by atoms with van der Waals surface area (Å²) in [6, 6.07) is 4.88. The van der Waals surface area contributed by atoms with E-state index in [2.05, 4.69) is 29.3 Å². The van der Waals surface area contributed by atoms with Crippen molar-refractivity contribution in [2.75, 3.05) is 13.6 Å². The number of rotatable bonds is 4. The minimum absolute atomic E-state index is 0.701. The Labute approximate surface area is 97.8 Å². The highest BCUT2D eigenvalue weighted by Gasteiger charge is 2.19. The van der Waals surface area contributed by atoms with Crippen LogP contribution in [0, 0.1) is 0 Å². The van der Waals surface area contributed by atoms with Gasteiger partial charge in [0.25, 0.3) is 0 Å². The van der Waals surface area contributed by atoms with Gasteiger partial charge in [-0.2, -0.15) is 0 Å². The van der Waals surface area contributed by atoms with E-state index in [1.807, 2.05) is 7.05 Å². The van der Waals surface area contributed by atoms with Gasteiger partial charge in [-0.25, -0.2) is 0 Å². The van der Waals surface area contributed by atoms with Gasteiger partial charge in [-0.05, 0) is 45.5 Å². The minimum atomic E-state index is 0.701. The topological polar surface area (TPSA) is 28.4 Å². The van der Waals surface area contributed by atoms with Crippen LogP contribution in [0.2, 0.25) is 0 Å². The second kappa shape index (κ2) is 5.51.